The molecule has 0 aliphatic heterocycles. The van der Waals surface area contributed by atoms with E-state index in [1.165, 1.54) is 0 Å². The Morgan fingerprint density at radius 2 is 1.59 bits per heavy atom. The van der Waals surface area contributed by atoms with Crippen LogP contribution in [0.4, 0.5) is 5.69 Å². The van der Waals surface area contributed by atoms with E-state index in [4.69, 9.17) is 9.66 Å². The molecule has 0 aliphatic rings. The highest BCUT2D eigenvalue weighted by molar-refractivity contribution is 7.89. The molecule has 0 unspecified atom stereocenters. The van der Waals surface area contributed by atoms with Crippen LogP contribution in [-0.4, -0.2) is 24.6 Å². The minimum Gasteiger partial charge on any atom is -0.506 e. The van der Waals surface area contributed by atoms with Crippen LogP contribution in [0.2, 0.25) is 0 Å². The Kier molecular flexibility index (Phi) is 5.52. The molecule has 1 heterocycles. The van der Waals surface area contributed by atoms with Gasteiger partial charge in [0.25, 0.3) is 5.91 Å². The van der Waals surface area contributed by atoms with Gasteiger partial charge >= 0.3 is 0 Å². The lowest BCUT2D eigenvalue weighted by molar-refractivity contribution is 0.102. The zero-order chi connectivity index (χ0) is 22.9. The Morgan fingerprint density at radius 1 is 0.969 bits per heavy atom. The smallest absolute Gasteiger partial charge is 0.261 e. The molecule has 4 aromatic rings. The molecule has 0 saturated heterocycles. The van der Waals surface area contributed by atoms with Crippen LogP contribution < -0.4 is 10.5 Å². The summed E-state index contributed by atoms with van der Waals surface area (Å²) in [4.78, 5) is 12.7. The first-order chi connectivity index (χ1) is 15.2. The zero-order valence-electron chi connectivity index (χ0n) is 16.9. The van der Waals surface area contributed by atoms with Crippen molar-refractivity contribution in [3.8, 4) is 28.1 Å². The number of hydrogen-bond donors (Lipinski definition) is 3. The number of nitrogens with one attached hydrogen (secondary N) is 1. The molecule has 1 amide bonds. The van der Waals surface area contributed by atoms with Crippen LogP contribution >= 0.6 is 0 Å². The van der Waals surface area contributed by atoms with Crippen LogP contribution in [0.5, 0.6) is 5.75 Å². The number of nitrogens with two attached hydrogens (primary N) is 1. The predicted molar refractivity (Wildman–Crippen MR) is 120 cm³/mol. The van der Waals surface area contributed by atoms with Crippen molar-refractivity contribution in [1.29, 1.82) is 0 Å². The van der Waals surface area contributed by atoms with E-state index in [-0.39, 0.29) is 27.7 Å². The second-order valence-electron chi connectivity index (χ2n) is 7.08. The third kappa shape index (κ3) is 4.25. The van der Waals surface area contributed by atoms with Gasteiger partial charge in [-0.1, -0.05) is 59.8 Å². The molecular weight excluding hydrogens is 430 g/mol. The van der Waals surface area contributed by atoms with Crippen molar-refractivity contribution in [1.82, 2.24) is 5.16 Å². The third-order valence-corrected chi connectivity index (χ3v) is 5.81. The monoisotopic (exact) mass is 449 g/mol. The Bertz CT molecular complexity index is 1400. The number of phenols is 1. The largest absolute Gasteiger partial charge is 0.506 e. The summed E-state index contributed by atoms with van der Waals surface area (Å²) in [5, 5.41) is 21.7. The van der Waals surface area contributed by atoms with Crippen molar-refractivity contribution in [3.63, 3.8) is 0 Å². The summed E-state index contributed by atoms with van der Waals surface area (Å²) in [5.41, 5.74) is 3.10. The molecule has 3 aromatic carbocycles. The molecule has 9 heteroatoms. The molecule has 4 N–H and O–H groups in total. The number of rotatable bonds is 5. The van der Waals surface area contributed by atoms with Gasteiger partial charge in [0, 0.05) is 5.56 Å². The van der Waals surface area contributed by atoms with Crippen LogP contribution in [0.15, 0.2) is 82.2 Å². The lowest BCUT2D eigenvalue weighted by Gasteiger charge is -2.09. The van der Waals surface area contributed by atoms with Crippen molar-refractivity contribution in [2.24, 2.45) is 5.14 Å². The van der Waals surface area contributed by atoms with Crippen molar-refractivity contribution in [2.45, 2.75) is 11.8 Å². The number of hydrogen-bond acceptors (Lipinski definition) is 6. The highest BCUT2D eigenvalue weighted by Gasteiger charge is 2.23. The summed E-state index contributed by atoms with van der Waals surface area (Å²) in [6.45, 7) is 1.59. The van der Waals surface area contributed by atoms with Crippen LogP contribution in [0.1, 0.15) is 16.1 Å². The lowest BCUT2D eigenvalue weighted by atomic mass is 10.0. The average Bonchev–Trinajstić information content (AvgIpc) is 3.16. The third-order valence-electron chi connectivity index (χ3n) is 4.90. The molecule has 0 saturated carbocycles. The number of phenolic OH excluding ortho intramolecular Hbond substituents is 1. The van der Waals surface area contributed by atoms with Gasteiger partial charge in [0.1, 0.15) is 22.8 Å². The summed E-state index contributed by atoms with van der Waals surface area (Å²) in [6.07, 6.45) is 0. The van der Waals surface area contributed by atoms with E-state index >= 15 is 0 Å². The fourth-order valence-corrected chi connectivity index (χ4v) is 3.80. The first kappa shape index (κ1) is 21.3. The average molecular weight is 449 g/mol. The number of nitrogens with zero attached hydrogens (tertiary/aromatic N) is 1. The summed E-state index contributed by atoms with van der Waals surface area (Å²) in [7, 11) is -4.01. The van der Waals surface area contributed by atoms with Gasteiger partial charge in [-0.15, -0.1) is 0 Å². The quantitative estimate of drug-likeness (QED) is 0.395. The van der Waals surface area contributed by atoms with Crippen LogP contribution in [-0.2, 0) is 10.0 Å². The minimum atomic E-state index is -4.01. The maximum atomic E-state index is 13.0. The van der Waals surface area contributed by atoms with Gasteiger partial charge in [-0.3, -0.25) is 4.79 Å². The van der Waals surface area contributed by atoms with E-state index in [0.29, 0.717) is 11.3 Å². The van der Waals surface area contributed by atoms with Gasteiger partial charge < -0.3 is 14.9 Å². The topological polar surface area (TPSA) is 136 Å². The number of benzene rings is 3. The predicted octanol–water partition coefficient (Wildman–Crippen LogP) is 3.92. The maximum Gasteiger partial charge on any atom is 0.261 e. The van der Waals surface area contributed by atoms with Crippen molar-refractivity contribution in [2.75, 3.05) is 5.32 Å². The highest BCUT2D eigenvalue weighted by Crippen LogP contribution is 2.31. The molecule has 0 fully saturated rings. The molecule has 32 heavy (non-hydrogen) atoms. The van der Waals surface area contributed by atoms with Crippen molar-refractivity contribution >= 4 is 21.6 Å². The summed E-state index contributed by atoms with van der Waals surface area (Å²) in [6, 6.07) is 20.7. The number of anilines is 1. The molecule has 0 atom stereocenters. The normalized spacial score (nSPS) is 11.3. The van der Waals surface area contributed by atoms with E-state index in [2.05, 4.69) is 10.5 Å². The van der Waals surface area contributed by atoms with Gasteiger partial charge in [-0.05, 0) is 36.2 Å². The van der Waals surface area contributed by atoms with Gasteiger partial charge in [-0.25, -0.2) is 13.6 Å². The van der Waals surface area contributed by atoms with Gasteiger partial charge in [0.15, 0.2) is 0 Å². The Balaban J connectivity index is 1.66. The van der Waals surface area contributed by atoms with Crippen molar-refractivity contribution < 1.29 is 22.8 Å². The summed E-state index contributed by atoms with van der Waals surface area (Å²) in [5.74, 6) is -0.659. The number of aromatic nitrogens is 1. The van der Waals surface area contributed by atoms with Gasteiger partial charge in [0.2, 0.25) is 10.0 Å². The number of amides is 1. The number of aryl methyl sites for hydroxylation is 1. The molecule has 8 nitrogen and oxygen atoms in total. The summed E-state index contributed by atoms with van der Waals surface area (Å²) < 4.78 is 28.4. The molecule has 1 aromatic heterocycles. The molecule has 0 radical (unpaired) electrons. The molecule has 0 aliphatic carbocycles. The first-order valence-electron chi connectivity index (χ1n) is 9.53. The Labute approximate surface area is 184 Å². The Morgan fingerprint density at radius 3 is 2.25 bits per heavy atom. The first-order valence-corrected chi connectivity index (χ1v) is 11.1. The number of carbonyl (C=O) groups is 1. The standard InChI is InChI=1S/C23H19N3O5S/c1-14-21(23(28)25-19-13-18(32(24,29)30)11-12-20(19)27)22(26-31-14)17-9-7-16(8-10-17)15-5-3-2-4-6-15/h2-13,27H,1H3,(H,25,28)(H2,24,29,30). The number of aromatic hydroxyl groups is 1. The highest BCUT2D eigenvalue weighted by atomic mass is 32.2. The van der Waals surface area contributed by atoms with Crippen LogP contribution in [0, 0.1) is 6.92 Å². The number of carbonyl (C=O) groups excluding carboxylic acids is 1. The maximum absolute atomic E-state index is 13.0. The number of primary sulfonamides is 1. The number of sulfonamides is 1. The van der Waals surface area contributed by atoms with E-state index in [1.54, 1.807) is 6.92 Å². The van der Waals surface area contributed by atoms with E-state index in [1.807, 2.05) is 54.6 Å². The lowest BCUT2D eigenvalue weighted by Crippen LogP contribution is -2.16. The fraction of sp³-hybridized carbons (Fsp3) is 0.0435. The van der Waals surface area contributed by atoms with Crippen LogP contribution in [0.3, 0.4) is 0 Å². The van der Waals surface area contributed by atoms with Gasteiger partial charge in [0.05, 0.1) is 10.6 Å². The second kappa shape index (κ2) is 8.29. The van der Waals surface area contributed by atoms with Gasteiger partial charge in [-0.2, -0.15) is 0 Å². The molecule has 0 bridgehead atoms. The van der Waals surface area contributed by atoms with Crippen molar-refractivity contribution in [3.05, 3.63) is 84.1 Å². The second-order valence-corrected chi connectivity index (χ2v) is 8.65. The molecule has 0 spiro atoms. The van der Waals surface area contributed by atoms with E-state index in [9.17, 15) is 18.3 Å². The SMILES string of the molecule is Cc1onc(-c2ccc(-c3ccccc3)cc2)c1C(=O)Nc1cc(S(N)(=O)=O)ccc1O. The minimum absolute atomic E-state index is 0.104. The van der Waals surface area contributed by atoms with Crippen LogP contribution in [0.25, 0.3) is 22.4 Å². The molecular formula is C23H19N3O5S. The zero-order valence-corrected chi connectivity index (χ0v) is 17.8. The molecule has 4 rings (SSSR count). The summed E-state index contributed by atoms with van der Waals surface area (Å²) >= 11 is 0. The van der Waals surface area contributed by atoms with E-state index in [0.717, 1.165) is 29.3 Å². The fourth-order valence-electron chi connectivity index (χ4n) is 3.26. The molecule has 162 valence electrons. The Hall–Kier alpha value is -3.95. The van der Waals surface area contributed by atoms with E-state index < -0.39 is 15.9 Å².